The number of carbonyl (C=O) groups excluding carboxylic acids is 1. The van der Waals surface area contributed by atoms with Crippen molar-refractivity contribution in [2.24, 2.45) is 0 Å². The van der Waals surface area contributed by atoms with Crippen molar-refractivity contribution in [3.63, 3.8) is 0 Å². The van der Waals surface area contributed by atoms with E-state index in [9.17, 15) is 19.1 Å². The van der Waals surface area contributed by atoms with E-state index in [1.807, 2.05) is 0 Å². The van der Waals surface area contributed by atoms with Gasteiger partial charge in [-0.2, -0.15) is 0 Å². The van der Waals surface area contributed by atoms with E-state index in [-0.39, 0.29) is 64.2 Å². The van der Waals surface area contributed by atoms with Crippen LogP contribution in [-0.2, 0) is 9.36 Å². The van der Waals surface area contributed by atoms with Crippen LogP contribution in [0.5, 0.6) is 0 Å². The molecular weight excluding hydrogens is 247 g/mol. The summed E-state index contributed by atoms with van der Waals surface area (Å²) in [4.78, 5) is 30.6. The third-order valence-corrected chi connectivity index (χ3v) is 2.05. The fourth-order valence-corrected chi connectivity index (χ4v) is 1.28. The second kappa shape index (κ2) is 9.56. The molecule has 0 aliphatic rings. The first-order valence-electron chi connectivity index (χ1n) is 3.38. The molecule has 78 valence electrons. The number of carbonyl (C=O) groups is 1. The molecule has 0 aromatic heterocycles. The van der Waals surface area contributed by atoms with E-state index in [1.54, 1.807) is 0 Å². The maximum absolute atomic E-state index is 10.4. The minimum Gasteiger partial charge on any atom is -0.811 e. The Kier molecular flexibility index (Phi) is 13.9. The quantitative estimate of drug-likeness (QED) is 0.223. The maximum Gasteiger partial charge on any atom is 1.00 e. The van der Waals surface area contributed by atoms with Crippen LogP contribution in [0.4, 0.5) is 0 Å². The summed E-state index contributed by atoms with van der Waals surface area (Å²) in [5.41, 5.74) is 0. The molecule has 0 rings (SSSR count). The van der Waals surface area contributed by atoms with Gasteiger partial charge in [0.05, 0.1) is 12.6 Å². The number of rotatable bonds is 4. The van der Waals surface area contributed by atoms with E-state index in [1.165, 1.54) is 0 Å². The van der Waals surface area contributed by atoms with E-state index in [4.69, 9.17) is 10.3 Å². The summed E-state index contributed by atoms with van der Waals surface area (Å²) in [6.45, 7) is 0.435. The molecule has 1 atom stereocenters. The molecule has 15 heavy (non-hydrogen) atoms. The second-order valence-electron chi connectivity index (χ2n) is 2.55. The Hall–Kier alpha value is 1.54. The second-order valence-corrected chi connectivity index (χ2v) is 4.14. The minimum absolute atomic E-state index is 0. The minimum atomic E-state index is -4.81. The number of aliphatic hydroxyl groups is 1. The summed E-state index contributed by atoms with van der Waals surface area (Å²) in [6, 6.07) is 0. The predicted octanol–water partition coefficient (Wildman–Crippen LogP) is -8.49. The van der Waals surface area contributed by atoms with Crippen LogP contribution in [0.2, 0.25) is 0 Å². The van der Waals surface area contributed by atoms with Gasteiger partial charge in [0.15, 0.2) is 0 Å². The number of hydrogen-bond acceptors (Lipinski definition) is 6. The number of nitrogens with zero attached hydrogens (tertiary/aromatic N) is 1. The van der Waals surface area contributed by atoms with Gasteiger partial charge >= 0.3 is 59.1 Å². The first-order chi connectivity index (χ1) is 5.72. The number of hydroxylamine groups is 2. The van der Waals surface area contributed by atoms with Gasteiger partial charge < -0.3 is 19.5 Å². The smallest absolute Gasteiger partial charge is 0.811 e. The predicted molar refractivity (Wildman–Crippen MR) is 37.7 cm³/mol. The van der Waals surface area contributed by atoms with Gasteiger partial charge in [0, 0.05) is 13.1 Å². The van der Waals surface area contributed by atoms with E-state index >= 15 is 0 Å². The van der Waals surface area contributed by atoms with Crippen molar-refractivity contribution >= 4 is 13.5 Å². The maximum atomic E-state index is 10.4. The van der Waals surface area contributed by atoms with Crippen LogP contribution in [0.1, 0.15) is 6.92 Å². The first kappa shape index (κ1) is 21.8. The van der Waals surface area contributed by atoms with Gasteiger partial charge in [-0.1, -0.05) is 7.60 Å². The molecule has 0 bridgehead atoms. The van der Waals surface area contributed by atoms with Crippen molar-refractivity contribution in [3.05, 3.63) is 0 Å². The van der Waals surface area contributed by atoms with Crippen LogP contribution < -0.4 is 68.9 Å². The molecule has 0 aromatic rings. The monoisotopic (exact) mass is 257 g/mol. The number of aliphatic hydroxyl groups excluding tert-OH is 1. The molecule has 0 saturated heterocycles. The van der Waals surface area contributed by atoms with Crippen molar-refractivity contribution < 1.29 is 88.6 Å². The first-order valence-corrected chi connectivity index (χ1v) is 5.11. The summed E-state index contributed by atoms with van der Waals surface area (Å²) < 4.78 is 10.1. The summed E-state index contributed by atoms with van der Waals surface area (Å²) in [6.07, 6.45) is -2.56. The average molecular weight is 257 g/mol. The van der Waals surface area contributed by atoms with E-state index in [2.05, 4.69) is 0 Å². The van der Waals surface area contributed by atoms with Crippen molar-refractivity contribution in [1.82, 2.24) is 5.06 Å². The molecule has 0 heterocycles. The summed E-state index contributed by atoms with van der Waals surface area (Å²) in [5, 5.41) is 17.7. The van der Waals surface area contributed by atoms with Gasteiger partial charge in [0.1, 0.15) is 0 Å². The van der Waals surface area contributed by atoms with Crippen molar-refractivity contribution in [2.75, 3.05) is 12.7 Å². The number of hydrogen-bond donors (Lipinski definition) is 2. The molecule has 0 unspecified atom stereocenters. The van der Waals surface area contributed by atoms with Gasteiger partial charge in [-0.15, -0.1) is 0 Å². The molecule has 0 aliphatic heterocycles. The van der Waals surface area contributed by atoms with E-state index in [0.29, 0.717) is 0 Å². The number of amides is 1. The van der Waals surface area contributed by atoms with Crippen LogP contribution in [0, 0.1) is 0 Å². The standard InChI is InChI=1S/C5H12NO6P.2Na/c1-4(7)6(9)2-5(8)3-13(10,11)12;;/h5,8-9H,2-3H2,1H3,(H2,10,11,12);;/q;2*+1/p-2/t5-;;/m1../s1. The molecule has 0 aromatic carbocycles. The van der Waals surface area contributed by atoms with E-state index < -0.39 is 32.3 Å². The SMILES string of the molecule is CC(=O)N(O)C[C@@H](O)CP(=O)([O-])[O-].[Na+].[Na+]. The molecule has 2 N–H and O–H groups in total. The van der Waals surface area contributed by atoms with Gasteiger partial charge in [0.2, 0.25) is 5.91 Å². The van der Waals surface area contributed by atoms with Crippen LogP contribution >= 0.6 is 7.60 Å². The van der Waals surface area contributed by atoms with Gasteiger partial charge in [0.25, 0.3) is 0 Å². The Morgan fingerprint density at radius 3 is 2.13 bits per heavy atom. The zero-order chi connectivity index (χ0) is 10.6. The fourth-order valence-electron chi connectivity index (χ4n) is 0.644. The Labute approximate surface area is 132 Å². The normalized spacial score (nSPS) is 12.1. The average Bonchev–Trinajstić information content (AvgIpc) is 1.81. The molecule has 10 heteroatoms. The van der Waals surface area contributed by atoms with Crippen LogP contribution in [0.25, 0.3) is 0 Å². The molecule has 0 radical (unpaired) electrons. The Morgan fingerprint density at radius 2 is 1.87 bits per heavy atom. The third kappa shape index (κ3) is 13.5. The summed E-state index contributed by atoms with van der Waals surface area (Å²) in [5.74, 6) is -0.745. The molecule has 0 fully saturated rings. The summed E-state index contributed by atoms with van der Waals surface area (Å²) in [7, 11) is -4.81. The molecule has 7 nitrogen and oxygen atoms in total. The van der Waals surface area contributed by atoms with Gasteiger partial charge in [-0.25, -0.2) is 5.06 Å². The zero-order valence-corrected chi connectivity index (χ0v) is 13.8. The third-order valence-electron chi connectivity index (χ3n) is 1.18. The molecule has 1 amide bonds. The largest absolute Gasteiger partial charge is 1.00 e. The summed E-state index contributed by atoms with van der Waals surface area (Å²) >= 11 is 0. The Bertz CT molecular complexity index is 234. The zero-order valence-electron chi connectivity index (χ0n) is 8.91. The van der Waals surface area contributed by atoms with E-state index in [0.717, 1.165) is 6.92 Å². The van der Waals surface area contributed by atoms with Gasteiger partial charge in [-0.05, 0) is 0 Å². The molecule has 0 saturated carbocycles. The molecule has 0 aliphatic carbocycles. The van der Waals surface area contributed by atoms with Crippen molar-refractivity contribution in [1.29, 1.82) is 0 Å². The van der Waals surface area contributed by atoms with Crippen molar-refractivity contribution in [3.8, 4) is 0 Å². The van der Waals surface area contributed by atoms with Crippen LogP contribution in [0.3, 0.4) is 0 Å². The van der Waals surface area contributed by atoms with Crippen LogP contribution in [-0.4, -0.2) is 40.1 Å². The van der Waals surface area contributed by atoms with Gasteiger partial charge in [-0.3, -0.25) is 10.0 Å². The molecule has 0 spiro atoms. The Morgan fingerprint density at radius 1 is 1.47 bits per heavy atom. The van der Waals surface area contributed by atoms with Crippen molar-refractivity contribution in [2.45, 2.75) is 13.0 Å². The fraction of sp³-hybridized carbons (Fsp3) is 0.800. The topological polar surface area (TPSA) is 124 Å². The molecular formula is C5H10NNa2O6P. The Balaban J connectivity index is -0.000000720. The van der Waals surface area contributed by atoms with Crippen LogP contribution in [0.15, 0.2) is 0 Å².